The Morgan fingerprint density at radius 2 is 2.05 bits per heavy atom. The van der Waals surface area contributed by atoms with Crippen molar-refractivity contribution in [3.63, 3.8) is 0 Å². The van der Waals surface area contributed by atoms with Gasteiger partial charge in [0.2, 0.25) is 0 Å². The summed E-state index contributed by atoms with van der Waals surface area (Å²) in [5.41, 5.74) is 2.20. The highest BCUT2D eigenvalue weighted by atomic mass is 16.5. The number of anilines is 1. The summed E-state index contributed by atoms with van der Waals surface area (Å²) in [5, 5.41) is 3.22. The average Bonchev–Trinajstić information content (AvgIpc) is 2.52. The quantitative estimate of drug-likeness (QED) is 0.856. The van der Waals surface area contributed by atoms with Crippen LogP contribution in [-0.2, 0) is 11.3 Å². The van der Waals surface area contributed by atoms with Crippen LogP contribution in [0.1, 0.15) is 21.6 Å². The van der Waals surface area contributed by atoms with Crippen molar-refractivity contribution in [2.45, 2.75) is 13.5 Å². The highest BCUT2D eigenvalue weighted by Gasteiger charge is 2.10. The number of hydrogen-bond acceptors (Lipinski definition) is 5. The molecule has 1 heterocycles. The Morgan fingerprint density at radius 1 is 1.24 bits per heavy atom. The van der Waals surface area contributed by atoms with Crippen LogP contribution in [0.2, 0.25) is 0 Å². The third-order valence-electron chi connectivity index (χ3n) is 3.10. The molecule has 1 aromatic heterocycles. The van der Waals surface area contributed by atoms with Gasteiger partial charge in [0, 0.05) is 6.54 Å². The highest BCUT2D eigenvalue weighted by Crippen LogP contribution is 2.15. The lowest BCUT2D eigenvalue weighted by Crippen LogP contribution is -2.08. The summed E-state index contributed by atoms with van der Waals surface area (Å²) in [7, 11) is 3.00. The van der Waals surface area contributed by atoms with Gasteiger partial charge in [0.15, 0.2) is 0 Å². The number of aryl methyl sites for hydroxylation is 1. The molecule has 0 unspecified atom stereocenters. The number of methoxy groups -OCH3 is 2. The second-order valence-corrected chi connectivity index (χ2v) is 4.53. The molecule has 0 saturated carbocycles. The number of pyridine rings is 1. The maximum atomic E-state index is 11.5. The molecule has 21 heavy (non-hydrogen) atoms. The molecule has 1 N–H and O–H groups in total. The van der Waals surface area contributed by atoms with Crippen molar-refractivity contribution in [3.8, 4) is 5.75 Å². The predicted octanol–water partition coefficient (Wildman–Crippen LogP) is 2.80. The summed E-state index contributed by atoms with van der Waals surface area (Å²) < 4.78 is 9.88. The van der Waals surface area contributed by atoms with Crippen LogP contribution in [0.4, 0.5) is 5.82 Å². The average molecular weight is 286 g/mol. The fourth-order valence-electron chi connectivity index (χ4n) is 1.96. The molecule has 0 spiro atoms. The highest BCUT2D eigenvalue weighted by molar-refractivity contribution is 5.90. The first-order valence-corrected chi connectivity index (χ1v) is 6.57. The van der Waals surface area contributed by atoms with Crippen LogP contribution in [0, 0.1) is 6.92 Å². The molecule has 0 amide bonds. The SMILES string of the molecule is COC(=O)c1ccc(NCc2cccc(OC)c2)nc1C. The van der Waals surface area contributed by atoms with Crippen LogP contribution in [-0.4, -0.2) is 25.2 Å². The lowest BCUT2D eigenvalue weighted by Gasteiger charge is -2.09. The summed E-state index contributed by atoms with van der Waals surface area (Å²) in [5.74, 6) is 1.15. The van der Waals surface area contributed by atoms with Crippen molar-refractivity contribution in [2.24, 2.45) is 0 Å². The van der Waals surface area contributed by atoms with E-state index in [1.807, 2.05) is 24.3 Å². The number of carbonyl (C=O) groups excluding carboxylic acids is 1. The Kier molecular flexibility index (Phi) is 4.77. The minimum Gasteiger partial charge on any atom is -0.497 e. The topological polar surface area (TPSA) is 60.5 Å². The third-order valence-corrected chi connectivity index (χ3v) is 3.10. The van der Waals surface area contributed by atoms with Crippen molar-refractivity contribution in [3.05, 3.63) is 53.2 Å². The zero-order valence-electron chi connectivity index (χ0n) is 12.3. The molecule has 0 atom stereocenters. The van der Waals surface area contributed by atoms with Gasteiger partial charge in [-0.2, -0.15) is 0 Å². The van der Waals surface area contributed by atoms with Crippen LogP contribution in [0.5, 0.6) is 5.75 Å². The second-order valence-electron chi connectivity index (χ2n) is 4.53. The lowest BCUT2D eigenvalue weighted by molar-refractivity contribution is 0.0599. The molecular weight excluding hydrogens is 268 g/mol. The molecule has 0 saturated heterocycles. The van der Waals surface area contributed by atoms with Gasteiger partial charge in [-0.1, -0.05) is 12.1 Å². The minimum atomic E-state index is -0.376. The monoisotopic (exact) mass is 286 g/mol. The van der Waals surface area contributed by atoms with E-state index in [0.29, 0.717) is 23.6 Å². The van der Waals surface area contributed by atoms with Gasteiger partial charge in [-0.05, 0) is 36.8 Å². The van der Waals surface area contributed by atoms with E-state index in [2.05, 4.69) is 10.3 Å². The number of hydrogen-bond donors (Lipinski definition) is 1. The van der Waals surface area contributed by atoms with Gasteiger partial charge in [0.1, 0.15) is 11.6 Å². The number of esters is 1. The first-order valence-electron chi connectivity index (χ1n) is 6.57. The van der Waals surface area contributed by atoms with Gasteiger partial charge >= 0.3 is 5.97 Å². The molecule has 5 nitrogen and oxygen atoms in total. The summed E-state index contributed by atoms with van der Waals surface area (Å²) in [4.78, 5) is 15.9. The molecule has 0 fully saturated rings. The molecule has 2 aromatic rings. The second kappa shape index (κ2) is 6.74. The van der Waals surface area contributed by atoms with Crippen molar-refractivity contribution in [2.75, 3.05) is 19.5 Å². The van der Waals surface area contributed by atoms with Gasteiger partial charge in [-0.25, -0.2) is 9.78 Å². The first-order chi connectivity index (χ1) is 10.1. The van der Waals surface area contributed by atoms with Crippen molar-refractivity contribution in [1.29, 1.82) is 0 Å². The number of ether oxygens (including phenoxy) is 2. The largest absolute Gasteiger partial charge is 0.497 e. The van der Waals surface area contributed by atoms with Crippen LogP contribution < -0.4 is 10.1 Å². The molecule has 0 bridgehead atoms. The molecule has 0 aliphatic heterocycles. The van der Waals surface area contributed by atoms with Gasteiger partial charge in [0.25, 0.3) is 0 Å². The van der Waals surface area contributed by atoms with E-state index in [1.165, 1.54) is 7.11 Å². The predicted molar refractivity (Wildman–Crippen MR) is 80.6 cm³/mol. The third kappa shape index (κ3) is 3.72. The Balaban J connectivity index is 2.06. The fourth-order valence-corrected chi connectivity index (χ4v) is 1.96. The van der Waals surface area contributed by atoms with Crippen LogP contribution >= 0.6 is 0 Å². The van der Waals surface area contributed by atoms with Crippen molar-refractivity contribution in [1.82, 2.24) is 4.98 Å². The molecular formula is C16H18N2O3. The molecule has 0 radical (unpaired) electrons. The zero-order chi connectivity index (χ0) is 15.2. The summed E-state index contributed by atoms with van der Waals surface area (Å²) in [6.07, 6.45) is 0. The number of benzene rings is 1. The molecule has 1 aromatic carbocycles. The zero-order valence-corrected chi connectivity index (χ0v) is 12.3. The fraction of sp³-hybridized carbons (Fsp3) is 0.250. The summed E-state index contributed by atoms with van der Waals surface area (Å²) in [6, 6.07) is 11.3. The Morgan fingerprint density at radius 3 is 2.71 bits per heavy atom. The number of nitrogens with zero attached hydrogens (tertiary/aromatic N) is 1. The van der Waals surface area contributed by atoms with Crippen molar-refractivity contribution < 1.29 is 14.3 Å². The van der Waals surface area contributed by atoms with Crippen LogP contribution in [0.25, 0.3) is 0 Å². The summed E-state index contributed by atoms with van der Waals surface area (Å²) in [6.45, 7) is 2.41. The van der Waals surface area contributed by atoms with Crippen molar-refractivity contribution >= 4 is 11.8 Å². The van der Waals surface area contributed by atoms with E-state index in [1.54, 1.807) is 26.2 Å². The first kappa shape index (κ1) is 14.8. The molecule has 5 heteroatoms. The number of nitrogens with one attached hydrogen (secondary N) is 1. The van der Waals surface area contributed by atoms with Gasteiger partial charge < -0.3 is 14.8 Å². The number of carbonyl (C=O) groups is 1. The Labute approximate surface area is 123 Å². The normalized spacial score (nSPS) is 10.0. The van der Waals surface area contributed by atoms with Gasteiger partial charge in [-0.3, -0.25) is 0 Å². The Bertz CT molecular complexity index is 641. The van der Waals surface area contributed by atoms with E-state index in [4.69, 9.17) is 9.47 Å². The maximum Gasteiger partial charge on any atom is 0.339 e. The molecule has 110 valence electrons. The van der Waals surface area contributed by atoms with Gasteiger partial charge in [0.05, 0.1) is 25.5 Å². The van der Waals surface area contributed by atoms with E-state index in [9.17, 15) is 4.79 Å². The molecule has 0 aliphatic rings. The number of aromatic nitrogens is 1. The van der Waals surface area contributed by atoms with Crippen LogP contribution in [0.15, 0.2) is 36.4 Å². The Hall–Kier alpha value is -2.56. The van der Waals surface area contributed by atoms with E-state index in [-0.39, 0.29) is 5.97 Å². The van der Waals surface area contributed by atoms with Gasteiger partial charge in [-0.15, -0.1) is 0 Å². The minimum absolute atomic E-state index is 0.376. The summed E-state index contributed by atoms with van der Waals surface area (Å²) >= 11 is 0. The maximum absolute atomic E-state index is 11.5. The standard InChI is InChI=1S/C16H18N2O3/c1-11-14(16(19)21-3)7-8-15(18-11)17-10-12-5-4-6-13(9-12)20-2/h4-9H,10H2,1-3H3,(H,17,18). The van der Waals surface area contributed by atoms with E-state index >= 15 is 0 Å². The van der Waals surface area contributed by atoms with Crippen LogP contribution in [0.3, 0.4) is 0 Å². The number of rotatable bonds is 5. The molecule has 0 aliphatic carbocycles. The lowest BCUT2D eigenvalue weighted by atomic mass is 10.2. The van der Waals surface area contributed by atoms with E-state index < -0.39 is 0 Å². The smallest absolute Gasteiger partial charge is 0.339 e. The van der Waals surface area contributed by atoms with E-state index in [0.717, 1.165) is 11.3 Å². The molecule has 2 rings (SSSR count).